The fraction of sp³-hybridized carbons (Fsp3) is 0. The minimum Gasteiger partial charge on any atom is -0.870 e. The van der Waals surface area contributed by atoms with Crippen molar-refractivity contribution in [1.82, 2.24) is 0 Å². The minimum absolute atomic E-state index is 0.415. The maximum absolute atomic E-state index is 12.3. The summed E-state index contributed by atoms with van der Waals surface area (Å²) in [4.78, 5) is 9.24. The van der Waals surface area contributed by atoms with Crippen LogP contribution in [0, 0.1) is 15.9 Å². The van der Waals surface area contributed by atoms with Crippen molar-refractivity contribution in [2.24, 2.45) is 0 Å². The lowest BCUT2D eigenvalue weighted by molar-refractivity contribution is -0.385. The maximum atomic E-state index is 12.3. The zero-order valence-corrected chi connectivity index (χ0v) is 5.28. The van der Waals surface area contributed by atoms with E-state index in [1.165, 1.54) is 0 Å². The maximum Gasteiger partial charge on any atom is 0.272 e. The van der Waals surface area contributed by atoms with E-state index in [9.17, 15) is 19.6 Å². The molecule has 0 aliphatic rings. The zero-order valence-electron chi connectivity index (χ0n) is 5.28. The van der Waals surface area contributed by atoms with Crippen LogP contribution in [0.2, 0.25) is 0 Å². The van der Waals surface area contributed by atoms with Crippen molar-refractivity contribution in [3.05, 3.63) is 34.1 Å². The summed E-state index contributed by atoms with van der Waals surface area (Å²) in [6.45, 7) is 0. The molecule has 0 saturated carbocycles. The Morgan fingerprint density at radius 3 is 2.55 bits per heavy atom. The van der Waals surface area contributed by atoms with Crippen molar-refractivity contribution in [2.75, 3.05) is 0 Å². The van der Waals surface area contributed by atoms with Gasteiger partial charge in [-0.1, -0.05) is 11.8 Å². The third-order valence-electron chi connectivity index (χ3n) is 1.13. The van der Waals surface area contributed by atoms with E-state index in [0.29, 0.717) is 6.07 Å². The third-order valence-corrected chi connectivity index (χ3v) is 1.13. The Labute approximate surface area is 61.0 Å². The van der Waals surface area contributed by atoms with E-state index < -0.39 is 22.2 Å². The second-order valence-electron chi connectivity index (χ2n) is 1.87. The van der Waals surface area contributed by atoms with Gasteiger partial charge in [-0.3, -0.25) is 10.1 Å². The summed E-state index contributed by atoms with van der Waals surface area (Å²) in [6, 6.07) is 2.39. The predicted molar refractivity (Wildman–Crippen MR) is 32.5 cm³/mol. The zero-order chi connectivity index (χ0) is 8.43. The van der Waals surface area contributed by atoms with E-state index in [4.69, 9.17) is 0 Å². The van der Waals surface area contributed by atoms with Gasteiger partial charge in [0, 0.05) is 6.07 Å². The van der Waals surface area contributed by atoms with Gasteiger partial charge in [-0.25, -0.2) is 4.39 Å². The van der Waals surface area contributed by atoms with Crippen LogP contribution in [-0.2, 0) is 0 Å². The van der Waals surface area contributed by atoms with E-state index in [2.05, 4.69) is 0 Å². The first-order valence-electron chi connectivity index (χ1n) is 2.72. The van der Waals surface area contributed by atoms with Gasteiger partial charge in [-0.15, -0.1) is 0 Å². The summed E-state index contributed by atoms with van der Waals surface area (Å²) < 4.78 is 12.3. The number of nitro benzene ring substituents is 1. The van der Waals surface area contributed by atoms with Crippen molar-refractivity contribution in [2.45, 2.75) is 0 Å². The molecule has 0 aliphatic carbocycles. The quantitative estimate of drug-likeness (QED) is 0.446. The monoisotopic (exact) mass is 156 g/mol. The molecule has 11 heavy (non-hydrogen) atoms. The van der Waals surface area contributed by atoms with Gasteiger partial charge < -0.3 is 5.11 Å². The number of hydrogen-bond donors (Lipinski definition) is 0. The van der Waals surface area contributed by atoms with Crippen molar-refractivity contribution in [3.8, 4) is 5.75 Å². The number of non-ortho nitro benzene ring substituents is 1. The van der Waals surface area contributed by atoms with E-state index in [0.717, 1.165) is 12.1 Å². The number of rotatable bonds is 1. The van der Waals surface area contributed by atoms with Crippen LogP contribution in [0.15, 0.2) is 18.2 Å². The Kier molecular flexibility index (Phi) is 1.72. The first-order chi connectivity index (χ1) is 5.11. The molecule has 0 aromatic heterocycles. The van der Waals surface area contributed by atoms with Crippen LogP contribution in [0.25, 0.3) is 0 Å². The lowest BCUT2D eigenvalue weighted by Gasteiger charge is -2.03. The Bertz CT molecular complexity index is 300. The molecule has 1 aromatic rings. The first-order valence-corrected chi connectivity index (χ1v) is 2.72. The number of nitro groups is 1. The van der Waals surface area contributed by atoms with Crippen LogP contribution in [0.3, 0.4) is 0 Å². The van der Waals surface area contributed by atoms with Gasteiger partial charge in [0.15, 0.2) is 0 Å². The van der Waals surface area contributed by atoms with Gasteiger partial charge in [0.25, 0.3) is 5.69 Å². The van der Waals surface area contributed by atoms with Crippen LogP contribution >= 0.6 is 0 Å². The Balaban J connectivity index is 3.15. The largest absolute Gasteiger partial charge is 0.870 e. The SMILES string of the molecule is O=[N+]([O-])c1ccc([O-])c(F)c1. The molecule has 58 valence electrons. The summed E-state index contributed by atoms with van der Waals surface area (Å²) >= 11 is 0. The van der Waals surface area contributed by atoms with Gasteiger partial charge in [0.1, 0.15) is 5.82 Å². The number of nitrogens with zero attached hydrogens (tertiary/aromatic N) is 1. The standard InChI is InChI=1S/C6H4FNO3/c7-5-3-4(8(10)11)1-2-6(5)9/h1-3,9H/p-1. The van der Waals surface area contributed by atoms with Crippen molar-refractivity contribution in [3.63, 3.8) is 0 Å². The van der Waals surface area contributed by atoms with Crippen LogP contribution in [-0.4, -0.2) is 4.92 Å². The highest BCUT2D eigenvalue weighted by molar-refractivity contribution is 5.35. The summed E-state index contributed by atoms with van der Waals surface area (Å²) in [7, 11) is 0. The van der Waals surface area contributed by atoms with Gasteiger partial charge in [0.2, 0.25) is 0 Å². The van der Waals surface area contributed by atoms with Gasteiger partial charge in [-0.2, -0.15) is 0 Å². The fourth-order valence-corrected chi connectivity index (χ4v) is 0.603. The van der Waals surface area contributed by atoms with E-state index >= 15 is 0 Å². The summed E-state index contributed by atoms with van der Waals surface area (Å²) in [6.07, 6.45) is 0. The Morgan fingerprint density at radius 1 is 1.45 bits per heavy atom. The Morgan fingerprint density at radius 2 is 2.09 bits per heavy atom. The summed E-state index contributed by atoms with van der Waals surface area (Å²) in [5.41, 5.74) is -0.415. The van der Waals surface area contributed by atoms with Gasteiger partial charge in [-0.05, 0) is 0 Å². The molecule has 0 heterocycles. The second-order valence-corrected chi connectivity index (χ2v) is 1.87. The smallest absolute Gasteiger partial charge is 0.272 e. The predicted octanol–water partition coefficient (Wildman–Crippen LogP) is 0.807. The number of hydrogen-bond acceptors (Lipinski definition) is 3. The lowest BCUT2D eigenvalue weighted by atomic mass is 10.3. The van der Waals surface area contributed by atoms with Crippen molar-refractivity contribution >= 4 is 5.69 Å². The molecule has 0 saturated heterocycles. The number of benzene rings is 1. The number of halogens is 1. The van der Waals surface area contributed by atoms with E-state index in [-0.39, 0.29) is 0 Å². The highest BCUT2D eigenvalue weighted by atomic mass is 19.1. The Hall–Kier alpha value is -1.65. The molecule has 1 aromatic carbocycles. The molecule has 0 N–H and O–H groups in total. The molecule has 0 spiro atoms. The van der Waals surface area contributed by atoms with Crippen LogP contribution in [0.5, 0.6) is 5.75 Å². The molecule has 0 fully saturated rings. The van der Waals surface area contributed by atoms with Gasteiger partial charge >= 0.3 is 0 Å². The molecule has 0 unspecified atom stereocenters. The van der Waals surface area contributed by atoms with Crippen LogP contribution in [0.4, 0.5) is 10.1 Å². The highest BCUT2D eigenvalue weighted by Gasteiger charge is 2.05. The molecule has 0 radical (unpaired) electrons. The average Bonchev–Trinajstić information content (AvgIpc) is 1.94. The average molecular weight is 156 g/mol. The lowest BCUT2D eigenvalue weighted by Crippen LogP contribution is -1.95. The summed E-state index contributed by atoms with van der Waals surface area (Å²) in [5.74, 6) is -1.94. The van der Waals surface area contributed by atoms with Crippen molar-refractivity contribution < 1.29 is 14.4 Å². The fourth-order valence-electron chi connectivity index (χ4n) is 0.603. The summed E-state index contributed by atoms with van der Waals surface area (Å²) in [5, 5.41) is 20.4. The minimum atomic E-state index is -1.10. The van der Waals surface area contributed by atoms with E-state index in [1.807, 2.05) is 0 Å². The normalized spacial score (nSPS) is 9.55. The molecule has 0 bridgehead atoms. The molecular weight excluding hydrogens is 153 g/mol. The van der Waals surface area contributed by atoms with Crippen molar-refractivity contribution in [1.29, 1.82) is 0 Å². The second kappa shape index (κ2) is 2.53. The molecule has 1 rings (SSSR count). The molecule has 0 atom stereocenters. The molecular formula is C6H3FNO3-. The highest BCUT2D eigenvalue weighted by Crippen LogP contribution is 2.18. The first kappa shape index (κ1) is 7.46. The molecule has 5 heteroatoms. The topological polar surface area (TPSA) is 66.2 Å². The molecule has 0 amide bonds. The van der Waals surface area contributed by atoms with E-state index in [1.54, 1.807) is 0 Å². The molecule has 0 aliphatic heterocycles. The van der Waals surface area contributed by atoms with Crippen LogP contribution in [0.1, 0.15) is 0 Å². The third kappa shape index (κ3) is 1.43. The van der Waals surface area contributed by atoms with Crippen LogP contribution < -0.4 is 5.11 Å². The molecule has 4 nitrogen and oxygen atoms in total. The van der Waals surface area contributed by atoms with Gasteiger partial charge in [0.05, 0.1) is 11.0 Å².